The van der Waals surface area contributed by atoms with Gasteiger partial charge in [0.05, 0.1) is 0 Å². The van der Waals surface area contributed by atoms with E-state index in [1.54, 1.807) is 0 Å². The standard InChI is InChI=1S/C16H13F.2ClH.Zr/c1-11-9-13-3-2-4-15(16(13)10-11)12-5-7-14(17)8-6-12;;;/h2-8,10H,9H2,1H3;2*1H;/q;;;+2/p-2. The second-order valence-corrected chi connectivity index (χ2v) is 8.36. The first-order valence-corrected chi connectivity index (χ1v) is 12.5. The van der Waals surface area contributed by atoms with Gasteiger partial charge in [0.25, 0.3) is 0 Å². The maximum absolute atomic E-state index is 12.9. The van der Waals surface area contributed by atoms with Crippen LogP contribution in [0.15, 0.2) is 48.0 Å². The summed E-state index contributed by atoms with van der Waals surface area (Å²) in [6, 6.07) is 13.0. The Kier molecular flexibility index (Phi) is 6.02. The monoisotopic (exact) mass is 384 g/mol. The number of fused-ring (bicyclic) bond motifs is 1. The molecule has 0 fully saturated rings. The van der Waals surface area contributed by atoms with E-state index in [0.717, 1.165) is 12.0 Å². The number of rotatable bonds is 1. The van der Waals surface area contributed by atoms with Gasteiger partial charge < -0.3 is 0 Å². The van der Waals surface area contributed by atoms with Crippen molar-refractivity contribution < 1.29 is 25.2 Å². The van der Waals surface area contributed by atoms with Gasteiger partial charge in [-0.3, -0.25) is 0 Å². The van der Waals surface area contributed by atoms with Gasteiger partial charge in [0, 0.05) is 0 Å². The van der Waals surface area contributed by atoms with Crippen LogP contribution in [-0.4, -0.2) is 0 Å². The molecule has 102 valence electrons. The van der Waals surface area contributed by atoms with E-state index in [1.807, 2.05) is 12.1 Å². The molecule has 2 aromatic rings. The summed E-state index contributed by atoms with van der Waals surface area (Å²) in [5.74, 6) is -0.187. The molecule has 0 bridgehead atoms. The summed E-state index contributed by atoms with van der Waals surface area (Å²) in [7, 11) is 9.87. The van der Waals surface area contributed by atoms with Crippen LogP contribution in [0.25, 0.3) is 17.2 Å². The molecule has 0 saturated carbocycles. The van der Waals surface area contributed by atoms with E-state index in [1.165, 1.54) is 34.4 Å². The van der Waals surface area contributed by atoms with Gasteiger partial charge in [-0.25, -0.2) is 4.39 Å². The third-order valence-corrected chi connectivity index (χ3v) is 3.21. The van der Waals surface area contributed by atoms with Crippen LogP contribution >= 0.6 is 17.0 Å². The summed E-state index contributed by atoms with van der Waals surface area (Å²) in [4.78, 5) is 0. The quantitative estimate of drug-likeness (QED) is 0.579. The van der Waals surface area contributed by atoms with Gasteiger partial charge >= 0.3 is 37.9 Å². The summed E-state index contributed by atoms with van der Waals surface area (Å²) in [5.41, 5.74) is 6.31. The molecular weight excluding hydrogens is 373 g/mol. The molecule has 0 unspecified atom stereocenters. The van der Waals surface area contributed by atoms with Crippen LogP contribution < -0.4 is 0 Å². The Balaban J connectivity index is 0.000000452. The maximum atomic E-state index is 12.9. The Morgan fingerprint density at radius 1 is 1.05 bits per heavy atom. The minimum absolute atomic E-state index is 0.187. The molecule has 1 aliphatic rings. The average Bonchev–Trinajstić information content (AvgIpc) is 2.80. The van der Waals surface area contributed by atoms with E-state index < -0.39 is 20.8 Å². The van der Waals surface area contributed by atoms with Gasteiger partial charge in [0.2, 0.25) is 0 Å². The molecule has 0 spiro atoms. The van der Waals surface area contributed by atoms with E-state index >= 15 is 0 Å². The van der Waals surface area contributed by atoms with Crippen molar-refractivity contribution in [3.05, 3.63) is 65.0 Å². The van der Waals surface area contributed by atoms with Crippen molar-refractivity contribution in [3.63, 3.8) is 0 Å². The third kappa shape index (κ3) is 3.81. The molecule has 3 rings (SSSR count). The van der Waals surface area contributed by atoms with Crippen molar-refractivity contribution in [1.29, 1.82) is 0 Å². The third-order valence-electron chi connectivity index (χ3n) is 3.21. The van der Waals surface area contributed by atoms with Crippen LogP contribution in [0.5, 0.6) is 0 Å². The van der Waals surface area contributed by atoms with Crippen LogP contribution in [-0.2, 0) is 27.3 Å². The zero-order valence-corrected chi connectivity index (χ0v) is 14.9. The van der Waals surface area contributed by atoms with Gasteiger partial charge in [0.15, 0.2) is 0 Å². The van der Waals surface area contributed by atoms with Crippen molar-refractivity contribution >= 4 is 23.1 Å². The van der Waals surface area contributed by atoms with Crippen molar-refractivity contribution in [2.45, 2.75) is 13.3 Å². The van der Waals surface area contributed by atoms with Gasteiger partial charge in [-0.1, -0.05) is 42.0 Å². The molecule has 0 heterocycles. The van der Waals surface area contributed by atoms with Crippen molar-refractivity contribution in [2.24, 2.45) is 0 Å². The minimum atomic E-state index is -0.826. The second kappa shape index (κ2) is 7.54. The second-order valence-electron chi connectivity index (χ2n) is 4.62. The molecule has 0 radical (unpaired) electrons. The number of allylic oxidation sites excluding steroid dienone is 1. The Morgan fingerprint density at radius 2 is 1.70 bits per heavy atom. The first kappa shape index (κ1) is 16.0. The first-order chi connectivity index (χ1) is 9.65. The fraction of sp³-hybridized carbons (Fsp3) is 0.125. The SMILES string of the molecule is CC1=Cc2c(cccc2-c2ccc(F)cc2)C1.[Cl][Zr][Cl]. The van der Waals surface area contributed by atoms with Crippen molar-refractivity contribution in [2.75, 3.05) is 0 Å². The van der Waals surface area contributed by atoms with Gasteiger partial charge in [-0.15, -0.1) is 0 Å². The summed E-state index contributed by atoms with van der Waals surface area (Å²) >= 11 is -0.826. The summed E-state index contributed by atoms with van der Waals surface area (Å²) in [5, 5.41) is 0. The molecule has 0 aliphatic heterocycles. The van der Waals surface area contributed by atoms with Crippen molar-refractivity contribution in [1.82, 2.24) is 0 Å². The van der Waals surface area contributed by atoms with Crippen LogP contribution in [0.3, 0.4) is 0 Å². The van der Waals surface area contributed by atoms with Crippen LogP contribution in [0, 0.1) is 5.82 Å². The van der Waals surface area contributed by atoms with E-state index in [9.17, 15) is 4.39 Å². The normalized spacial score (nSPS) is 12.1. The molecule has 0 nitrogen and oxygen atoms in total. The number of hydrogen-bond acceptors (Lipinski definition) is 0. The predicted octanol–water partition coefficient (Wildman–Crippen LogP) is 5.83. The van der Waals surface area contributed by atoms with E-state index in [0.29, 0.717) is 0 Å². The Hall–Kier alpha value is -0.427. The molecule has 0 atom stereocenters. The Bertz CT molecular complexity index is 621. The summed E-state index contributed by atoms with van der Waals surface area (Å²) in [6.07, 6.45) is 3.26. The number of halogens is 3. The zero-order valence-electron chi connectivity index (χ0n) is 11.0. The van der Waals surface area contributed by atoms with Crippen LogP contribution in [0.2, 0.25) is 0 Å². The van der Waals surface area contributed by atoms with E-state index in [2.05, 4.69) is 31.2 Å². The average molecular weight is 386 g/mol. The first-order valence-electron chi connectivity index (χ1n) is 6.17. The van der Waals surface area contributed by atoms with Crippen LogP contribution in [0.4, 0.5) is 4.39 Å². The molecule has 20 heavy (non-hydrogen) atoms. The number of benzene rings is 2. The van der Waals surface area contributed by atoms with Crippen LogP contribution in [0.1, 0.15) is 18.1 Å². The molecule has 1 aliphatic carbocycles. The molecule has 2 aromatic carbocycles. The zero-order chi connectivity index (χ0) is 14.5. The van der Waals surface area contributed by atoms with Gasteiger partial charge in [0.1, 0.15) is 5.82 Å². The Morgan fingerprint density at radius 3 is 2.35 bits per heavy atom. The molecule has 0 amide bonds. The predicted molar refractivity (Wildman–Crippen MR) is 80.9 cm³/mol. The molecule has 0 aromatic heterocycles. The molecule has 0 saturated heterocycles. The number of hydrogen-bond donors (Lipinski definition) is 0. The Labute approximate surface area is 137 Å². The topological polar surface area (TPSA) is 0 Å². The fourth-order valence-corrected chi connectivity index (χ4v) is 2.42. The van der Waals surface area contributed by atoms with Gasteiger partial charge in [-0.2, -0.15) is 0 Å². The van der Waals surface area contributed by atoms with Crippen molar-refractivity contribution in [3.8, 4) is 11.1 Å². The van der Waals surface area contributed by atoms with Gasteiger partial charge in [-0.05, 0) is 47.7 Å². The molecule has 4 heteroatoms. The summed E-state index contributed by atoms with van der Waals surface area (Å²) in [6.45, 7) is 2.15. The summed E-state index contributed by atoms with van der Waals surface area (Å²) < 4.78 is 12.9. The fourth-order valence-electron chi connectivity index (χ4n) is 2.42. The molecular formula is C16H13Cl2FZr. The van der Waals surface area contributed by atoms with E-state index in [-0.39, 0.29) is 5.82 Å². The van der Waals surface area contributed by atoms with E-state index in [4.69, 9.17) is 17.0 Å². The molecule has 0 N–H and O–H groups in total.